The number of nitrogens with two attached hydrogens (primary N) is 1. The van der Waals surface area contributed by atoms with Gasteiger partial charge in [-0.2, -0.15) is 0 Å². The molecule has 28 heavy (non-hydrogen) atoms. The van der Waals surface area contributed by atoms with Crippen molar-refractivity contribution in [1.29, 1.82) is 0 Å². The fourth-order valence-corrected chi connectivity index (χ4v) is 3.00. The molecule has 0 saturated heterocycles. The highest BCUT2D eigenvalue weighted by molar-refractivity contribution is 5.82. The summed E-state index contributed by atoms with van der Waals surface area (Å²) in [5.41, 5.74) is 5.50. The summed E-state index contributed by atoms with van der Waals surface area (Å²) in [5.74, 6) is -0.0152. The van der Waals surface area contributed by atoms with E-state index in [1.807, 2.05) is 14.1 Å². The molecule has 0 saturated carbocycles. The molecule has 0 aromatic rings. The normalized spacial score (nSPS) is 14.3. The first kappa shape index (κ1) is 26.7. The van der Waals surface area contributed by atoms with Crippen LogP contribution in [0, 0.1) is 0 Å². The lowest BCUT2D eigenvalue weighted by atomic mass is 10.1. The van der Waals surface area contributed by atoms with Gasteiger partial charge >= 0.3 is 0 Å². The lowest BCUT2D eigenvalue weighted by molar-refractivity contribution is -0.123. The molecule has 0 unspecified atom stereocenters. The van der Waals surface area contributed by atoms with Gasteiger partial charge in [-0.15, -0.1) is 0 Å². The summed E-state index contributed by atoms with van der Waals surface area (Å²) in [6.45, 7) is 2.71. The van der Waals surface area contributed by atoms with Gasteiger partial charge in [0.2, 0.25) is 11.8 Å². The van der Waals surface area contributed by atoms with Crippen LogP contribution in [0.4, 0.5) is 0 Å². The van der Waals surface area contributed by atoms with Crippen molar-refractivity contribution in [2.24, 2.45) is 5.73 Å². The Balaban J connectivity index is 4.14. The monoisotopic (exact) mass is 401 g/mol. The highest BCUT2D eigenvalue weighted by atomic mass is 16.2. The molecule has 0 fully saturated rings. The molecule has 0 aliphatic heterocycles. The minimum atomic E-state index is -0.260. The van der Waals surface area contributed by atoms with Crippen molar-refractivity contribution in [1.82, 2.24) is 31.9 Å². The number of amides is 2. The van der Waals surface area contributed by atoms with Crippen molar-refractivity contribution in [3.63, 3.8) is 0 Å². The smallest absolute Gasteiger partial charge is 0.237 e. The number of likely N-dealkylation sites (N-methyl/N-ethyl adjacent to an activating group) is 3. The summed E-state index contributed by atoms with van der Waals surface area (Å²) in [6, 6.07) is -0.210. The molecule has 8 N–H and O–H groups in total. The zero-order chi connectivity index (χ0) is 21.2. The van der Waals surface area contributed by atoms with E-state index in [0.717, 1.165) is 38.6 Å². The van der Waals surface area contributed by atoms with Crippen LogP contribution in [0.3, 0.4) is 0 Å². The van der Waals surface area contributed by atoms with Crippen LogP contribution in [0.1, 0.15) is 38.5 Å². The number of carbonyl (C=O) groups excluding carboxylic acids is 2. The predicted molar refractivity (Wildman–Crippen MR) is 115 cm³/mol. The predicted octanol–water partition coefficient (Wildman–Crippen LogP) is -1.50. The van der Waals surface area contributed by atoms with E-state index >= 15 is 0 Å². The fraction of sp³-hybridized carbons (Fsp3) is 0.895. The molecule has 0 rings (SSSR count). The van der Waals surface area contributed by atoms with E-state index in [2.05, 4.69) is 31.9 Å². The molecule has 9 heteroatoms. The van der Waals surface area contributed by atoms with Crippen molar-refractivity contribution in [3.8, 4) is 0 Å². The topological polar surface area (TPSA) is 132 Å². The highest BCUT2D eigenvalue weighted by Crippen LogP contribution is 2.00. The minimum Gasteiger partial charge on any atom is -0.355 e. The summed E-state index contributed by atoms with van der Waals surface area (Å²) in [5, 5.41) is 18.4. The molecule has 0 bridgehead atoms. The average Bonchev–Trinajstić information content (AvgIpc) is 2.70. The molecule has 0 radical (unpaired) electrons. The van der Waals surface area contributed by atoms with Crippen molar-refractivity contribution in [2.75, 3.05) is 54.4 Å². The van der Waals surface area contributed by atoms with Gasteiger partial charge in [0.25, 0.3) is 0 Å². The molecule has 0 aliphatic rings. The summed E-state index contributed by atoms with van der Waals surface area (Å²) < 4.78 is 0. The zero-order valence-electron chi connectivity index (χ0n) is 18.2. The van der Waals surface area contributed by atoms with Crippen molar-refractivity contribution in [3.05, 3.63) is 0 Å². The minimum absolute atomic E-state index is 0.00117. The third-order valence-electron chi connectivity index (χ3n) is 4.91. The molecule has 0 spiro atoms. The van der Waals surface area contributed by atoms with E-state index in [9.17, 15) is 9.59 Å². The maximum absolute atomic E-state index is 12.4. The van der Waals surface area contributed by atoms with E-state index in [1.165, 1.54) is 0 Å². The van der Waals surface area contributed by atoms with E-state index in [1.54, 1.807) is 14.1 Å². The van der Waals surface area contributed by atoms with Gasteiger partial charge in [0.15, 0.2) is 0 Å². The Kier molecular flexibility index (Phi) is 17.0. The van der Waals surface area contributed by atoms with E-state index in [4.69, 9.17) is 5.73 Å². The Morgan fingerprint density at radius 1 is 0.750 bits per heavy atom. The van der Waals surface area contributed by atoms with Crippen LogP contribution in [-0.4, -0.2) is 84.3 Å². The van der Waals surface area contributed by atoms with Crippen LogP contribution in [0.25, 0.3) is 0 Å². The largest absolute Gasteiger partial charge is 0.355 e. The lowest BCUT2D eigenvalue weighted by Crippen LogP contribution is -2.47. The standard InChI is InChI=1S/C19H43N7O2/c1-21-12-6-8-15(22-2)14-26-19(28)17(24-4)10-7-13-25-18(27)16(23-3)9-5-11-20/h15-17,21-24H,5-14,20H2,1-4H3,(H,25,27)(H,26,28)/t15-,16-,17-/m0/s1. The third kappa shape index (κ3) is 12.2. The molecule has 0 aliphatic carbocycles. The molecular weight excluding hydrogens is 358 g/mol. The van der Waals surface area contributed by atoms with Crippen LogP contribution in [0.2, 0.25) is 0 Å². The number of hydrogen-bond donors (Lipinski definition) is 7. The van der Waals surface area contributed by atoms with Gasteiger partial charge in [-0.25, -0.2) is 0 Å². The van der Waals surface area contributed by atoms with Gasteiger partial charge in [0.05, 0.1) is 12.1 Å². The van der Waals surface area contributed by atoms with E-state index in [0.29, 0.717) is 26.1 Å². The maximum Gasteiger partial charge on any atom is 0.237 e. The van der Waals surface area contributed by atoms with Gasteiger partial charge in [0, 0.05) is 19.1 Å². The van der Waals surface area contributed by atoms with Crippen molar-refractivity contribution < 1.29 is 9.59 Å². The van der Waals surface area contributed by atoms with Gasteiger partial charge in [-0.1, -0.05) is 0 Å². The highest BCUT2D eigenvalue weighted by Gasteiger charge is 2.18. The maximum atomic E-state index is 12.4. The molecule has 166 valence electrons. The zero-order valence-corrected chi connectivity index (χ0v) is 18.2. The van der Waals surface area contributed by atoms with Crippen LogP contribution < -0.4 is 37.6 Å². The Morgan fingerprint density at radius 3 is 1.86 bits per heavy atom. The molecule has 0 aromatic heterocycles. The van der Waals surface area contributed by atoms with Crippen LogP contribution in [0.15, 0.2) is 0 Å². The second-order valence-corrected chi connectivity index (χ2v) is 7.02. The van der Waals surface area contributed by atoms with Crippen LogP contribution in [0.5, 0.6) is 0 Å². The Labute approximate surface area is 170 Å². The summed E-state index contributed by atoms with van der Waals surface area (Å²) in [7, 11) is 7.42. The molecule has 0 heterocycles. The molecule has 3 atom stereocenters. The van der Waals surface area contributed by atoms with Gasteiger partial charge in [-0.3, -0.25) is 9.59 Å². The SMILES string of the molecule is CNCCC[C@@H](CNC(=O)[C@H](CCCNC(=O)[C@H](CCCN)NC)NC)NC. The number of hydrogen-bond acceptors (Lipinski definition) is 7. The number of carbonyl (C=O) groups is 2. The number of nitrogens with one attached hydrogen (secondary N) is 6. The quantitative estimate of drug-likeness (QED) is 0.139. The second kappa shape index (κ2) is 17.8. The molecule has 2 amide bonds. The first-order valence-electron chi connectivity index (χ1n) is 10.5. The Bertz CT molecular complexity index is 410. The summed E-state index contributed by atoms with van der Waals surface area (Å²) >= 11 is 0. The Hall–Kier alpha value is -1.26. The van der Waals surface area contributed by atoms with E-state index < -0.39 is 0 Å². The van der Waals surface area contributed by atoms with Gasteiger partial charge < -0.3 is 37.6 Å². The van der Waals surface area contributed by atoms with E-state index in [-0.39, 0.29) is 29.9 Å². The number of rotatable bonds is 18. The van der Waals surface area contributed by atoms with Crippen molar-refractivity contribution >= 4 is 11.8 Å². The van der Waals surface area contributed by atoms with Crippen LogP contribution >= 0.6 is 0 Å². The van der Waals surface area contributed by atoms with Gasteiger partial charge in [-0.05, 0) is 79.8 Å². The fourth-order valence-electron chi connectivity index (χ4n) is 3.00. The average molecular weight is 402 g/mol. The van der Waals surface area contributed by atoms with Crippen molar-refractivity contribution in [2.45, 2.75) is 56.7 Å². The lowest BCUT2D eigenvalue weighted by Gasteiger charge is -2.21. The molecular formula is C19H43N7O2. The summed E-state index contributed by atoms with van der Waals surface area (Å²) in [4.78, 5) is 24.5. The second-order valence-electron chi connectivity index (χ2n) is 7.02. The third-order valence-corrected chi connectivity index (χ3v) is 4.91. The van der Waals surface area contributed by atoms with Gasteiger partial charge in [0.1, 0.15) is 0 Å². The molecule has 9 nitrogen and oxygen atoms in total. The first-order valence-corrected chi connectivity index (χ1v) is 10.5. The first-order chi connectivity index (χ1) is 13.5. The molecule has 0 aromatic carbocycles. The summed E-state index contributed by atoms with van der Waals surface area (Å²) in [6.07, 6.45) is 5.00. The van der Waals surface area contributed by atoms with Crippen LogP contribution in [-0.2, 0) is 9.59 Å². The Morgan fingerprint density at radius 2 is 1.32 bits per heavy atom.